The molecular weight excluding hydrogens is 409 g/mol. The standard InChI is InChI=1S/C13H16INO5S/c1-13(2)8-20-6-5-15(13)21(18,19)9-3-4-11(14)10(7-9)12(16)17/h3-4,7H,5-6,8H2,1-2H3,(H,16,17). The molecule has 0 aliphatic carbocycles. The van der Waals surface area contributed by atoms with Crippen molar-refractivity contribution in [2.24, 2.45) is 0 Å². The summed E-state index contributed by atoms with van der Waals surface area (Å²) in [6.07, 6.45) is 0. The number of halogens is 1. The van der Waals surface area contributed by atoms with Crippen molar-refractivity contribution in [3.05, 3.63) is 27.3 Å². The highest BCUT2D eigenvalue weighted by molar-refractivity contribution is 14.1. The van der Waals surface area contributed by atoms with E-state index in [9.17, 15) is 13.2 Å². The Morgan fingerprint density at radius 3 is 2.67 bits per heavy atom. The number of carbonyl (C=O) groups is 1. The van der Waals surface area contributed by atoms with Crippen LogP contribution in [0.25, 0.3) is 0 Å². The number of carboxylic acid groups (broad SMARTS) is 1. The largest absolute Gasteiger partial charge is 0.478 e. The van der Waals surface area contributed by atoms with E-state index in [1.54, 1.807) is 13.8 Å². The molecule has 0 unspecified atom stereocenters. The normalized spacial score (nSPS) is 19.4. The molecular formula is C13H16INO5S. The fourth-order valence-electron chi connectivity index (χ4n) is 2.25. The number of benzene rings is 1. The molecule has 2 rings (SSSR count). The lowest BCUT2D eigenvalue weighted by molar-refractivity contribution is -0.00770. The molecule has 8 heteroatoms. The van der Waals surface area contributed by atoms with Crippen LogP contribution in [0, 0.1) is 3.57 Å². The second-order valence-electron chi connectivity index (χ2n) is 5.39. The van der Waals surface area contributed by atoms with Crippen LogP contribution in [-0.2, 0) is 14.8 Å². The molecule has 1 aliphatic rings. The Kier molecular flexibility index (Phi) is 4.62. The van der Waals surface area contributed by atoms with Crippen molar-refractivity contribution < 1.29 is 23.1 Å². The molecule has 0 saturated carbocycles. The van der Waals surface area contributed by atoms with E-state index in [4.69, 9.17) is 9.84 Å². The summed E-state index contributed by atoms with van der Waals surface area (Å²) in [5, 5.41) is 9.14. The van der Waals surface area contributed by atoms with Gasteiger partial charge in [-0.05, 0) is 54.6 Å². The number of hydrogen-bond acceptors (Lipinski definition) is 4. The Labute approximate surface area is 137 Å². The van der Waals surface area contributed by atoms with Crippen LogP contribution in [0.1, 0.15) is 24.2 Å². The van der Waals surface area contributed by atoms with Gasteiger partial charge in [0.25, 0.3) is 0 Å². The molecule has 21 heavy (non-hydrogen) atoms. The summed E-state index contributed by atoms with van der Waals surface area (Å²) in [6.45, 7) is 4.47. The van der Waals surface area contributed by atoms with Crippen LogP contribution in [0.3, 0.4) is 0 Å². The van der Waals surface area contributed by atoms with E-state index in [2.05, 4.69) is 0 Å². The van der Waals surface area contributed by atoms with Gasteiger partial charge in [-0.2, -0.15) is 4.31 Å². The molecule has 0 spiro atoms. The summed E-state index contributed by atoms with van der Waals surface area (Å²) >= 11 is 1.87. The van der Waals surface area contributed by atoms with Gasteiger partial charge < -0.3 is 9.84 Å². The maximum atomic E-state index is 12.8. The van der Waals surface area contributed by atoms with Crippen LogP contribution >= 0.6 is 22.6 Å². The first-order valence-corrected chi connectivity index (χ1v) is 8.81. The van der Waals surface area contributed by atoms with Gasteiger partial charge in [-0.25, -0.2) is 13.2 Å². The zero-order chi connectivity index (χ0) is 15.8. The van der Waals surface area contributed by atoms with Crippen molar-refractivity contribution in [1.82, 2.24) is 4.31 Å². The lowest BCUT2D eigenvalue weighted by atomic mass is 10.1. The Morgan fingerprint density at radius 2 is 2.10 bits per heavy atom. The molecule has 1 saturated heterocycles. The summed E-state index contributed by atoms with van der Waals surface area (Å²) in [5.74, 6) is -1.14. The molecule has 116 valence electrons. The van der Waals surface area contributed by atoms with Gasteiger partial charge in [0.1, 0.15) is 0 Å². The molecule has 1 aliphatic heterocycles. The van der Waals surface area contributed by atoms with Gasteiger partial charge in [-0.3, -0.25) is 0 Å². The SMILES string of the molecule is CC1(C)COCCN1S(=O)(=O)c1ccc(I)c(C(=O)O)c1. The molecule has 0 amide bonds. The first-order valence-electron chi connectivity index (χ1n) is 6.30. The molecule has 0 atom stereocenters. The van der Waals surface area contributed by atoms with Crippen LogP contribution in [0.5, 0.6) is 0 Å². The number of sulfonamides is 1. The lowest BCUT2D eigenvalue weighted by Crippen LogP contribution is -2.55. The highest BCUT2D eigenvalue weighted by Gasteiger charge is 2.40. The van der Waals surface area contributed by atoms with Crippen molar-refractivity contribution in [2.75, 3.05) is 19.8 Å². The summed E-state index contributed by atoms with van der Waals surface area (Å²) in [4.78, 5) is 11.2. The van der Waals surface area contributed by atoms with Crippen molar-refractivity contribution in [3.8, 4) is 0 Å². The summed E-state index contributed by atoms with van der Waals surface area (Å²) in [6, 6.07) is 4.16. The van der Waals surface area contributed by atoms with E-state index >= 15 is 0 Å². The third-order valence-electron chi connectivity index (χ3n) is 3.33. The minimum Gasteiger partial charge on any atom is -0.478 e. The monoisotopic (exact) mass is 425 g/mol. The van der Waals surface area contributed by atoms with E-state index in [0.717, 1.165) is 0 Å². The minimum absolute atomic E-state index is 0.00436. The molecule has 1 aromatic carbocycles. The van der Waals surface area contributed by atoms with Crippen LogP contribution in [0.15, 0.2) is 23.1 Å². The van der Waals surface area contributed by atoms with Gasteiger partial charge in [0.05, 0.1) is 29.2 Å². The smallest absolute Gasteiger partial charge is 0.336 e. The third-order valence-corrected chi connectivity index (χ3v) is 6.37. The lowest BCUT2D eigenvalue weighted by Gasteiger charge is -2.40. The van der Waals surface area contributed by atoms with Gasteiger partial charge in [-0.1, -0.05) is 0 Å². The van der Waals surface area contributed by atoms with Gasteiger partial charge in [0.15, 0.2) is 0 Å². The number of nitrogens with zero attached hydrogens (tertiary/aromatic N) is 1. The fraction of sp³-hybridized carbons (Fsp3) is 0.462. The number of morpholine rings is 1. The highest BCUT2D eigenvalue weighted by Crippen LogP contribution is 2.28. The predicted octanol–water partition coefficient (Wildman–Crippen LogP) is 1.79. The van der Waals surface area contributed by atoms with Crippen LogP contribution in [0.4, 0.5) is 0 Å². The maximum absolute atomic E-state index is 12.8. The zero-order valence-electron chi connectivity index (χ0n) is 11.7. The topological polar surface area (TPSA) is 83.9 Å². The number of carboxylic acids is 1. The van der Waals surface area contributed by atoms with Crippen molar-refractivity contribution in [3.63, 3.8) is 0 Å². The number of hydrogen-bond donors (Lipinski definition) is 1. The van der Waals surface area contributed by atoms with Crippen molar-refractivity contribution in [1.29, 1.82) is 0 Å². The first kappa shape index (κ1) is 16.7. The van der Waals surface area contributed by atoms with E-state index in [1.807, 2.05) is 22.6 Å². The number of aromatic carboxylic acids is 1. The van der Waals surface area contributed by atoms with Crippen LogP contribution in [-0.4, -0.2) is 49.1 Å². The minimum atomic E-state index is -3.76. The summed E-state index contributed by atoms with van der Waals surface area (Å²) in [7, 11) is -3.76. The highest BCUT2D eigenvalue weighted by atomic mass is 127. The fourth-order valence-corrected chi connectivity index (χ4v) is 4.59. The second kappa shape index (κ2) is 5.82. The van der Waals surface area contributed by atoms with E-state index in [-0.39, 0.29) is 17.0 Å². The third kappa shape index (κ3) is 3.22. The zero-order valence-corrected chi connectivity index (χ0v) is 14.6. The maximum Gasteiger partial charge on any atom is 0.336 e. The molecule has 0 radical (unpaired) electrons. The Bertz CT molecular complexity index is 671. The van der Waals surface area contributed by atoms with Gasteiger partial charge >= 0.3 is 5.97 Å². The van der Waals surface area contributed by atoms with Crippen LogP contribution < -0.4 is 0 Å². The predicted molar refractivity (Wildman–Crippen MR) is 84.9 cm³/mol. The van der Waals surface area contributed by atoms with Crippen molar-refractivity contribution in [2.45, 2.75) is 24.3 Å². The molecule has 6 nitrogen and oxygen atoms in total. The molecule has 1 N–H and O–H groups in total. The first-order chi connectivity index (χ1) is 9.66. The molecule has 1 aromatic rings. The quantitative estimate of drug-likeness (QED) is 0.747. The Balaban J connectivity index is 2.49. The molecule has 0 bridgehead atoms. The molecule has 1 fully saturated rings. The number of ether oxygens (including phenoxy) is 1. The van der Waals surface area contributed by atoms with Gasteiger partial charge in [0.2, 0.25) is 10.0 Å². The van der Waals surface area contributed by atoms with Gasteiger partial charge in [-0.15, -0.1) is 0 Å². The van der Waals surface area contributed by atoms with E-state index in [0.29, 0.717) is 16.8 Å². The second-order valence-corrected chi connectivity index (χ2v) is 8.41. The van der Waals surface area contributed by atoms with Crippen molar-refractivity contribution >= 4 is 38.6 Å². The molecule has 0 aromatic heterocycles. The van der Waals surface area contributed by atoms with Gasteiger partial charge in [0, 0.05) is 10.1 Å². The van der Waals surface area contributed by atoms with Crippen LogP contribution in [0.2, 0.25) is 0 Å². The van der Waals surface area contributed by atoms with E-state index < -0.39 is 21.5 Å². The Morgan fingerprint density at radius 1 is 1.43 bits per heavy atom. The van der Waals surface area contributed by atoms with E-state index in [1.165, 1.54) is 22.5 Å². The summed E-state index contributed by atoms with van der Waals surface area (Å²) < 4.78 is 32.7. The average molecular weight is 425 g/mol. The Hall–Kier alpha value is -0.710. The number of rotatable bonds is 3. The summed E-state index contributed by atoms with van der Waals surface area (Å²) in [5.41, 5.74) is -0.675. The average Bonchev–Trinajstić information content (AvgIpc) is 2.37. The molecule has 1 heterocycles.